The Balaban J connectivity index is 1.68. The van der Waals surface area contributed by atoms with E-state index in [9.17, 15) is 14.9 Å². The van der Waals surface area contributed by atoms with Crippen molar-refractivity contribution in [3.63, 3.8) is 0 Å². The van der Waals surface area contributed by atoms with Crippen LogP contribution in [0.25, 0.3) is 6.08 Å². The molecule has 0 fully saturated rings. The van der Waals surface area contributed by atoms with Gasteiger partial charge in [-0.3, -0.25) is 9.48 Å². The summed E-state index contributed by atoms with van der Waals surface area (Å²) in [6.45, 7) is 0.231. The first-order valence-electron chi connectivity index (χ1n) is 7.10. The summed E-state index contributed by atoms with van der Waals surface area (Å²) in [7, 11) is 1.73. The van der Waals surface area contributed by atoms with Crippen molar-refractivity contribution in [1.82, 2.24) is 19.6 Å². The average Bonchev–Trinajstić information content (AvgIpc) is 3.26. The van der Waals surface area contributed by atoms with E-state index in [1.54, 1.807) is 42.2 Å². The Labute approximate surface area is 149 Å². The number of allylic oxidation sites excluding steroid dienone is 1. The number of carbonyl (C=O) groups is 1. The number of ketones is 1. The van der Waals surface area contributed by atoms with Crippen molar-refractivity contribution in [2.75, 3.05) is 0 Å². The van der Waals surface area contributed by atoms with Gasteiger partial charge < -0.3 is 14.5 Å². The van der Waals surface area contributed by atoms with Crippen LogP contribution < -0.4 is 0 Å². The van der Waals surface area contributed by atoms with E-state index in [0.29, 0.717) is 21.7 Å². The molecule has 0 unspecified atom stereocenters. The van der Waals surface area contributed by atoms with Crippen LogP contribution in [0.15, 0.2) is 45.6 Å². The SMILES string of the molecule is Cn1ccc(C(=O)/C=C/c2ccc(Cn3cc(Br)c([N+](=O)[O-])n3)o2)n1. The van der Waals surface area contributed by atoms with Crippen LogP contribution in [0.2, 0.25) is 0 Å². The molecule has 10 heteroatoms. The quantitative estimate of drug-likeness (QED) is 0.270. The van der Waals surface area contributed by atoms with E-state index in [1.807, 2.05) is 0 Å². The van der Waals surface area contributed by atoms with E-state index in [1.165, 1.54) is 17.0 Å². The van der Waals surface area contributed by atoms with Gasteiger partial charge in [0.2, 0.25) is 5.78 Å². The van der Waals surface area contributed by atoms with Gasteiger partial charge in [-0.1, -0.05) is 0 Å². The van der Waals surface area contributed by atoms with Gasteiger partial charge in [0, 0.05) is 13.2 Å². The van der Waals surface area contributed by atoms with Crippen molar-refractivity contribution in [2.45, 2.75) is 6.54 Å². The lowest BCUT2D eigenvalue weighted by Gasteiger charge is -1.92. The second kappa shape index (κ2) is 6.85. The number of halogens is 1. The summed E-state index contributed by atoms with van der Waals surface area (Å²) in [6, 6.07) is 5.04. The van der Waals surface area contributed by atoms with Crippen LogP contribution in [0.5, 0.6) is 0 Å². The van der Waals surface area contributed by atoms with Gasteiger partial charge in [-0.25, -0.2) is 0 Å². The Morgan fingerprint density at radius 1 is 1.40 bits per heavy atom. The zero-order valence-electron chi connectivity index (χ0n) is 13.0. The van der Waals surface area contributed by atoms with Crippen LogP contribution in [-0.4, -0.2) is 30.3 Å². The third kappa shape index (κ3) is 3.91. The predicted molar refractivity (Wildman–Crippen MR) is 91.0 cm³/mol. The maximum Gasteiger partial charge on any atom is 0.404 e. The lowest BCUT2D eigenvalue weighted by Crippen LogP contribution is -2.00. The molecule has 0 amide bonds. The minimum absolute atomic E-state index is 0.231. The van der Waals surface area contributed by atoms with Gasteiger partial charge in [-0.15, -0.1) is 0 Å². The number of nitrogens with zero attached hydrogens (tertiary/aromatic N) is 5. The number of nitro groups is 1. The summed E-state index contributed by atoms with van der Waals surface area (Å²) < 4.78 is 8.82. The van der Waals surface area contributed by atoms with E-state index in [-0.39, 0.29) is 18.1 Å². The van der Waals surface area contributed by atoms with Gasteiger partial charge in [0.05, 0.1) is 11.3 Å². The van der Waals surface area contributed by atoms with E-state index in [2.05, 4.69) is 26.1 Å². The molecule has 0 aliphatic rings. The number of aryl methyl sites for hydroxylation is 1. The van der Waals surface area contributed by atoms with Crippen LogP contribution >= 0.6 is 15.9 Å². The molecule has 0 radical (unpaired) electrons. The number of hydrogen-bond acceptors (Lipinski definition) is 6. The van der Waals surface area contributed by atoms with Gasteiger partial charge >= 0.3 is 5.82 Å². The van der Waals surface area contributed by atoms with Crippen molar-refractivity contribution in [3.05, 3.63) is 68.5 Å². The molecule has 0 saturated carbocycles. The smallest absolute Gasteiger partial charge is 0.404 e. The summed E-state index contributed by atoms with van der Waals surface area (Å²) in [5.74, 6) is 0.549. The minimum Gasteiger partial charge on any atom is -0.460 e. The first-order chi connectivity index (χ1) is 11.9. The molecular weight excluding hydrogens is 394 g/mol. The average molecular weight is 406 g/mol. The zero-order chi connectivity index (χ0) is 18.0. The molecule has 0 aromatic carbocycles. The van der Waals surface area contributed by atoms with Crippen molar-refractivity contribution in [1.29, 1.82) is 0 Å². The van der Waals surface area contributed by atoms with Crippen molar-refractivity contribution < 1.29 is 14.1 Å². The lowest BCUT2D eigenvalue weighted by atomic mass is 10.2. The van der Waals surface area contributed by atoms with Crippen LogP contribution in [-0.2, 0) is 13.6 Å². The van der Waals surface area contributed by atoms with E-state index in [0.717, 1.165) is 0 Å². The van der Waals surface area contributed by atoms with Crippen LogP contribution in [0.1, 0.15) is 22.0 Å². The Hall–Kier alpha value is -3.01. The number of furan rings is 1. The van der Waals surface area contributed by atoms with E-state index >= 15 is 0 Å². The molecule has 3 heterocycles. The molecule has 3 aromatic rings. The Morgan fingerprint density at radius 3 is 2.84 bits per heavy atom. The molecule has 0 spiro atoms. The number of rotatable bonds is 6. The monoisotopic (exact) mass is 405 g/mol. The normalized spacial score (nSPS) is 11.3. The predicted octanol–water partition coefficient (Wildman–Crippen LogP) is 2.82. The third-order valence-electron chi connectivity index (χ3n) is 3.24. The Bertz CT molecular complexity index is 968. The minimum atomic E-state index is -0.569. The molecule has 0 N–H and O–H groups in total. The fraction of sp³-hybridized carbons (Fsp3) is 0.133. The molecule has 0 atom stereocenters. The lowest BCUT2D eigenvalue weighted by molar-refractivity contribution is -0.390. The van der Waals surface area contributed by atoms with Gasteiger partial charge in [0.1, 0.15) is 28.2 Å². The summed E-state index contributed by atoms with van der Waals surface area (Å²) in [5.41, 5.74) is 0.347. The highest BCUT2D eigenvalue weighted by Gasteiger charge is 2.19. The molecule has 3 aromatic heterocycles. The van der Waals surface area contributed by atoms with Crippen molar-refractivity contribution in [3.8, 4) is 0 Å². The van der Waals surface area contributed by atoms with Crippen LogP contribution in [0, 0.1) is 10.1 Å². The molecule has 0 saturated heterocycles. The molecule has 9 nitrogen and oxygen atoms in total. The third-order valence-corrected chi connectivity index (χ3v) is 3.80. The Morgan fingerprint density at radius 2 is 2.20 bits per heavy atom. The highest BCUT2D eigenvalue weighted by atomic mass is 79.9. The molecule has 25 heavy (non-hydrogen) atoms. The summed E-state index contributed by atoms with van der Waals surface area (Å²) >= 11 is 3.09. The van der Waals surface area contributed by atoms with Gasteiger partial charge in [-0.05, 0) is 51.2 Å². The zero-order valence-corrected chi connectivity index (χ0v) is 14.6. The largest absolute Gasteiger partial charge is 0.460 e. The van der Waals surface area contributed by atoms with E-state index in [4.69, 9.17) is 4.42 Å². The first kappa shape index (κ1) is 16.8. The maximum atomic E-state index is 11.9. The standard InChI is InChI=1S/C15H12BrN5O4/c1-19-7-6-13(17-19)14(22)5-4-10-2-3-11(25-10)8-20-9-12(16)15(18-20)21(23)24/h2-7,9H,8H2,1H3/b5-4+. The van der Waals surface area contributed by atoms with Crippen molar-refractivity contribution >= 4 is 33.6 Å². The molecule has 0 bridgehead atoms. The fourth-order valence-corrected chi connectivity index (χ4v) is 2.57. The van der Waals surface area contributed by atoms with Crippen molar-refractivity contribution in [2.24, 2.45) is 7.05 Å². The second-order valence-corrected chi connectivity index (χ2v) is 5.99. The van der Waals surface area contributed by atoms with Crippen LogP contribution in [0.4, 0.5) is 5.82 Å². The van der Waals surface area contributed by atoms with Gasteiger partial charge in [-0.2, -0.15) is 9.78 Å². The number of aromatic nitrogens is 4. The summed E-state index contributed by atoms with van der Waals surface area (Å²) in [4.78, 5) is 22.2. The molecule has 0 aliphatic carbocycles. The van der Waals surface area contributed by atoms with Gasteiger partial charge in [0.25, 0.3) is 0 Å². The topological polar surface area (TPSA) is 109 Å². The number of carbonyl (C=O) groups excluding carboxylic acids is 1. The van der Waals surface area contributed by atoms with Crippen LogP contribution in [0.3, 0.4) is 0 Å². The maximum absolute atomic E-state index is 11.9. The highest BCUT2D eigenvalue weighted by molar-refractivity contribution is 9.10. The number of hydrogen-bond donors (Lipinski definition) is 0. The Kier molecular flexibility index (Phi) is 4.61. The molecule has 128 valence electrons. The molecule has 0 aliphatic heterocycles. The summed E-state index contributed by atoms with van der Waals surface area (Å²) in [6.07, 6.45) is 6.11. The first-order valence-corrected chi connectivity index (χ1v) is 7.90. The molecule has 3 rings (SSSR count). The highest BCUT2D eigenvalue weighted by Crippen LogP contribution is 2.23. The molecular formula is C15H12BrN5O4. The summed E-state index contributed by atoms with van der Waals surface area (Å²) in [5, 5.41) is 18.7. The second-order valence-electron chi connectivity index (χ2n) is 5.13. The van der Waals surface area contributed by atoms with Gasteiger partial charge in [0.15, 0.2) is 0 Å². The van der Waals surface area contributed by atoms with E-state index < -0.39 is 4.92 Å². The fourth-order valence-electron chi connectivity index (χ4n) is 2.11.